The Kier molecular flexibility index (Phi) is 4.78. The summed E-state index contributed by atoms with van der Waals surface area (Å²) in [7, 11) is 0. The molecule has 0 saturated carbocycles. The highest BCUT2D eigenvalue weighted by Crippen LogP contribution is 2.36. The Morgan fingerprint density at radius 3 is 3.08 bits per heavy atom. The zero-order valence-corrected chi connectivity index (χ0v) is 16.1. The minimum absolute atomic E-state index is 0.0438. The molecule has 0 spiro atoms. The molecule has 4 rings (SSSR count). The molecule has 1 atom stereocenters. The van der Waals surface area contributed by atoms with Crippen LogP contribution in [0.4, 0.5) is 0 Å². The molecule has 0 unspecified atom stereocenters. The summed E-state index contributed by atoms with van der Waals surface area (Å²) in [6, 6.07) is 3.91. The number of thiazole rings is 1. The van der Waals surface area contributed by atoms with Gasteiger partial charge < -0.3 is 10.2 Å². The number of thiophene rings is 1. The summed E-state index contributed by atoms with van der Waals surface area (Å²) in [5.74, 6) is 0.0592. The molecule has 1 saturated heterocycles. The van der Waals surface area contributed by atoms with Crippen LogP contribution < -0.4 is 5.32 Å². The lowest BCUT2D eigenvalue weighted by atomic mass is 10.1. The lowest BCUT2D eigenvalue weighted by Crippen LogP contribution is -2.31. The lowest BCUT2D eigenvalue weighted by molar-refractivity contribution is -0.131. The summed E-state index contributed by atoms with van der Waals surface area (Å²) in [4.78, 5) is 34.0. The predicted octanol–water partition coefficient (Wildman–Crippen LogP) is 3.11. The van der Waals surface area contributed by atoms with Crippen molar-refractivity contribution in [2.24, 2.45) is 0 Å². The summed E-state index contributed by atoms with van der Waals surface area (Å²) in [5.41, 5.74) is 0.807. The van der Waals surface area contributed by atoms with Crippen LogP contribution in [0.1, 0.15) is 46.0 Å². The Morgan fingerprint density at radius 2 is 2.27 bits per heavy atom. The third kappa shape index (κ3) is 3.26. The number of rotatable bonds is 5. The van der Waals surface area contributed by atoms with Crippen LogP contribution >= 0.6 is 22.7 Å². The van der Waals surface area contributed by atoms with E-state index in [4.69, 9.17) is 0 Å². The smallest absolute Gasteiger partial charge is 0.261 e. The molecule has 136 valence electrons. The maximum absolute atomic E-state index is 12.8. The van der Waals surface area contributed by atoms with Crippen molar-refractivity contribution < 1.29 is 9.59 Å². The van der Waals surface area contributed by atoms with Gasteiger partial charge in [0.05, 0.1) is 23.0 Å². The fourth-order valence-corrected chi connectivity index (χ4v) is 5.17. The van der Waals surface area contributed by atoms with Crippen LogP contribution in [0, 0.1) is 0 Å². The summed E-state index contributed by atoms with van der Waals surface area (Å²) >= 11 is 3.05. The van der Waals surface area contributed by atoms with Gasteiger partial charge >= 0.3 is 0 Å². The van der Waals surface area contributed by atoms with Crippen LogP contribution in [0.2, 0.25) is 0 Å². The number of hydrogen-bond donors (Lipinski definition) is 1. The van der Waals surface area contributed by atoms with Crippen molar-refractivity contribution in [3.63, 3.8) is 0 Å². The molecule has 0 aromatic carbocycles. The van der Waals surface area contributed by atoms with Gasteiger partial charge in [-0.1, -0.05) is 0 Å². The number of carbonyl (C=O) groups excluding carboxylic acids is 2. The molecule has 0 aliphatic carbocycles. The number of aromatic nitrogens is 2. The number of hydrogen-bond acceptors (Lipinski definition) is 5. The van der Waals surface area contributed by atoms with Crippen molar-refractivity contribution in [2.45, 2.75) is 32.2 Å². The van der Waals surface area contributed by atoms with Gasteiger partial charge in [-0.25, -0.2) is 4.98 Å². The molecule has 3 aromatic heterocycles. The van der Waals surface area contributed by atoms with E-state index in [9.17, 15) is 9.59 Å². The Hall–Kier alpha value is -2.19. The van der Waals surface area contributed by atoms with Gasteiger partial charge in [-0.3, -0.25) is 14.0 Å². The SMILES string of the molecule is CCNC(=O)c1ccc([C@@H]2CCCN2C(=O)Cc2cn3ccsc3n2)s1. The van der Waals surface area contributed by atoms with Gasteiger partial charge in [0.15, 0.2) is 4.96 Å². The number of amides is 2. The zero-order valence-electron chi connectivity index (χ0n) is 14.5. The van der Waals surface area contributed by atoms with Gasteiger partial charge in [0.2, 0.25) is 5.91 Å². The molecule has 1 aliphatic rings. The van der Waals surface area contributed by atoms with Crippen LogP contribution in [-0.2, 0) is 11.2 Å². The summed E-state index contributed by atoms with van der Waals surface area (Å²) < 4.78 is 1.95. The van der Waals surface area contributed by atoms with Gasteiger partial charge in [0.25, 0.3) is 5.91 Å². The zero-order chi connectivity index (χ0) is 18.1. The molecule has 26 heavy (non-hydrogen) atoms. The summed E-state index contributed by atoms with van der Waals surface area (Å²) in [5, 5.41) is 4.80. The molecule has 1 fully saturated rings. The van der Waals surface area contributed by atoms with E-state index in [0.29, 0.717) is 17.8 Å². The van der Waals surface area contributed by atoms with Crippen LogP contribution in [0.25, 0.3) is 4.96 Å². The highest BCUT2D eigenvalue weighted by Gasteiger charge is 2.31. The topological polar surface area (TPSA) is 66.7 Å². The molecule has 2 amide bonds. The average molecular weight is 389 g/mol. The van der Waals surface area contributed by atoms with E-state index < -0.39 is 0 Å². The number of imidazole rings is 1. The molecule has 0 bridgehead atoms. The monoisotopic (exact) mass is 388 g/mol. The Labute approximate surface area is 159 Å². The normalized spacial score (nSPS) is 17.1. The van der Waals surface area contributed by atoms with E-state index in [1.165, 1.54) is 11.3 Å². The Bertz CT molecular complexity index is 913. The largest absolute Gasteiger partial charge is 0.352 e. The number of nitrogens with one attached hydrogen (secondary N) is 1. The van der Waals surface area contributed by atoms with Gasteiger partial charge in [0.1, 0.15) is 0 Å². The van der Waals surface area contributed by atoms with Gasteiger partial charge in [-0.2, -0.15) is 0 Å². The molecule has 1 aliphatic heterocycles. The number of likely N-dealkylation sites (tertiary alicyclic amines) is 1. The fraction of sp³-hybridized carbons (Fsp3) is 0.389. The number of carbonyl (C=O) groups is 2. The molecule has 1 N–H and O–H groups in total. The highest BCUT2D eigenvalue weighted by molar-refractivity contribution is 7.15. The van der Waals surface area contributed by atoms with Crippen molar-refractivity contribution >= 4 is 39.4 Å². The lowest BCUT2D eigenvalue weighted by Gasteiger charge is -2.23. The molecular formula is C18H20N4O2S2. The first-order valence-corrected chi connectivity index (χ1v) is 10.4. The van der Waals surface area contributed by atoms with Gasteiger partial charge in [-0.15, -0.1) is 22.7 Å². The van der Waals surface area contributed by atoms with Crippen LogP contribution in [0.3, 0.4) is 0 Å². The molecular weight excluding hydrogens is 368 g/mol. The predicted molar refractivity (Wildman–Crippen MR) is 103 cm³/mol. The summed E-state index contributed by atoms with van der Waals surface area (Å²) in [6.45, 7) is 3.28. The van der Waals surface area contributed by atoms with Gasteiger partial charge in [-0.05, 0) is 31.9 Å². The van der Waals surface area contributed by atoms with Crippen LogP contribution in [-0.4, -0.2) is 39.2 Å². The first-order chi connectivity index (χ1) is 12.7. The third-order valence-electron chi connectivity index (χ3n) is 4.56. The average Bonchev–Trinajstić information content (AvgIpc) is 3.37. The van der Waals surface area contributed by atoms with E-state index in [1.807, 2.05) is 46.1 Å². The number of fused-ring (bicyclic) bond motifs is 1. The van der Waals surface area contributed by atoms with E-state index >= 15 is 0 Å². The molecule has 0 radical (unpaired) electrons. The van der Waals surface area contributed by atoms with Crippen molar-refractivity contribution in [3.8, 4) is 0 Å². The first kappa shape index (κ1) is 17.2. The highest BCUT2D eigenvalue weighted by atomic mass is 32.1. The standard InChI is InChI=1S/C18H20N4O2S2/c1-2-19-17(24)15-6-5-14(26-15)13-4-3-7-22(13)16(23)10-12-11-21-8-9-25-18(21)20-12/h5-6,8-9,11,13H,2-4,7,10H2,1H3,(H,19,24)/t13-/m0/s1. The van der Waals surface area contributed by atoms with Crippen molar-refractivity contribution in [2.75, 3.05) is 13.1 Å². The van der Waals surface area contributed by atoms with Crippen LogP contribution in [0.5, 0.6) is 0 Å². The fourth-order valence-electron chi connectivity index (χ4n) is 3.38. The van der Waals surface area contributed by atoms with E-state index in [0.717, 1.165) is 34.9 Å². The second kappa shape index (κ2) is 7.20. The van der Waals surface area contributed by atoms with E-state index in [-0.39, 0.29) is 17.9 Å². The maximum Gasteiger partial charge on any atom is 0.261 e. The van der Waals surface area contributed by atoms with E-state index in [1.54, 1.807) is 11.3 Å². The van der Waals surface area contributed by atoms with Crippen molar-refractivity contribution in [1.29, 1.82) is 0 Å². The van der Waals surface area contributed by atoms with E-state index in [2.05, 4.69) is 10.3 Å². The number of nitrogens with zero attached hydrogens (tertiary/aromatic N) is 3. The minimum atomic E-state index is -0.0438. The molecule has 3 aromatic rings. The Morgan fingerprint density at radius 1 is 1.38 bits per heavy atom. The van der Waals surface area contributed by atoms with Crippen LogP contribution in [0.15, 0.2) is 29.9 Å². The summed E-state index contributed by atoms with van der Waals surface area (Å²) in [6.07, 6.45) is 6.13. The molecule has 6 nitrogen and oxygen atoms in total. The molecule has 8 heteroatoms. The van der Waals surface area contributed by atoms with Crippen molar-refractivity contribution in [1.82, 2.24) is 19.6 Å². The third-order valence-corrected chi connectivity index (χ3v) is 6.52. The first-order valence-electron chi connectivity index (χ1n) is 8.74. The Balaban J connectivity index is 1.48. The minimum Gasteiger partial charge on any atom is -0.352 e. The second-order valence-corrected chi connectivity index (χ2v) is 8.30. The maximum atomic E-state index is 12.8. The molecule has 4 heterocycles. The quantitative estimate of drug-likeness (QED) is 0.730. The van der Waals surface area contributed by atoms with Gasteiger partial charge in [0, 0.05) is 35.7 Å². The van der Waals surface area contributed by atoms with Crippen molar-refractivity contribution in [3.05, 3.63) is 45.4 Å². The second-order valence-electron chi connectivity index (χ2n) is 6.31.